The van der Waals surface area contributed by atoms with E-state index >= 15 is 0 Å². The lowest BCUT2D eigenvalue weighted by Gasteiger charge is -2.00. The summed E-state index contributed by atoms with van der Waals surface area (Å²) in [6.07, 6.45) is 3.97. The first kappa shape index (κ1) is 13.0. The Bertz CT molecular complexity index is 596. The minimum atomic E-state index is 0.531. The maximum Gasteiger partial charge on any atom is 0.244 e. The van der Waals surface area contributed by atoms with Gasteiger partial charge >= 0.3 is 0 Å². The third-order valence-electron chi connectivity index (χ3n) is 2.71. The smallest absolute Gasteiger partial charge is 0.244 e. The molecule has 0 aliphatic heterocycles. The van der Waals surface area contributed by atoms with E-state index in [1.165, 1.54) is 0 Å². The number of hydrogen-bond acceptors (Lipinski definition) is 2. The normalized spacial score (nSPS) is 12.0. The Morgan fingerprint density at radius 2 is 1.63 bits per heavy atom. The Morgan fingerprint density at radius 1 is 1.00 bits per heavy atom. The zero-order valence-electron chi connectivity index (χ0n) is 11.1. The topological polar surface area (TPSA) is 38.4 Å². The van der Waals surface area contributed by atoms with Crippen molar-refractivity contribution in [3.8, 4) is 0 Å². The summed E-state index contributed by atoms with van der Waals surface area (Å²) in [7, 11) is 0. The highest BCUT2D eigenvalue weighted by Crippen LogP contribution is 2.18. The fraction of sp³-hybridized carbons (Fsp3) is 0.125. The Hall–Kier alpha value is -2.42. The van der Waals surface area contributed by atoms with Crippen molar-refractivity contribution in [2.24, 2.45) is 5.11 Å². The van der Waals surface area contributed by atoms with Crippen LogP contribution < -0.4 is 0 Å². The van der Waals surface area contributed by atoms with Gasteiger partial charge in [0, 0.05) is 17.2 Å². The van der Waals surface area contributed by atoms with E-state index in [1.807, 2.05) is 62.4 Å². The molecular weight excluding hydrogens is 236 g/mol. The van der Waals surface area contributed by atoms with Crippen molar-refractivity contribution in [3.63, 3.8) is 0 Å². The zero-order valence-corrected chi connectivity index (χ0v) is 11.1. The van der Waals surface area contributed by atoms with Gasteiger partial charge in [0.25, 0.3) is 0 Å². The quantitative estimate of drug-likeness (QED) is 0.432. The third-order valence-corrected chi connectivity index (χ3v) is 2.71. The first-order chi connectivity index (χ1) is 9.19. The summed E-state index contributed by atoms with van der Waals surface area (Å²) < 4.78 is 0. The van der Waals surface area contributed by atoms with Gasteiger partial charge < -0.3 is 5.21 Å². The van der Waals surface area contributed by atoms with E-state index in [0.29, 0.717) is 16.2 Å². The van der Waals surface area contributed by atoms with Crippen LogP contribution in [0, 0.1) is 12.1 Å². The molecule has 0 aliphatic rings. The van der Waals surface area contributed by atoms with Crippen molar-refractivity contribution in [1.82, 2.24) is 0 Å². The van der Waals surface area contributed by atoms with Crippen molar-refractivity contribution in [3.05, 3.63) is 70.9 Å². The van der Waals surface area contributed by atoms with Crippen LogP contribution in [0.4, 0.5) is 11.4 Å². The molecule has 0 atom stereocenters. The Labute approximate surface area is 113 Å². The number of nitrogens with zero attached hydrogens (tertiary/aromatic N) is 2. The van der Waals surface area contributed by atoms with Gasteiger partial charge in [-0.25, -0.2) is 0 Å². The van der Waals surface area contributed by atoms with E-state index in [4.69, 9.17) is 0 Å². The second-order valence-electron chi connectivity index (χ2n) is 4.30. The maximum absolute atomic E-state index is 11.9. The molecular formula is C16H16N2O. The molecule has 2 rings (SSSR count). The van der Waals surface area contributed by atoms with E-state index in [2.05, 4.69) is 5.11 Å². The molecule has 0 saturated carbocycles. The van der Waals surface area contributed by atoms with Crippen LogP contribution in [0.5, 0.6) is 0 Å². The summed E-state index contributed by atoms with van der Waals surface area (Å²) in [6.45, 7) is 3.95. The van der Waals surface area contributed by atoms with Crippen LogP contribution >= 0.6 is 0 Å². The average molecular weight is 252 g/mol. The van der Waals surface area contributed by atoms with Gasteiger partial charge in [0.2, 0.25) is 5.69 Å². The summed E-state index contributed by atoms with van der Waals surface area (Å²) in [5.41, 5.74) is 3.38. The molecule has 3 nitrogen and oxygen atoms in total. The highest BCUT2D eigenvalue weighted by atomic mass is 16.5. The highest BCUT2D eigenvalue weighted by Gasteiger charge is 2.03. The van der Waals surface area contributed by atoms with Gasteiger partial charge in [0.05, 0.1) is 0 Å². The molecule has 3 heteroatoms. The van der Waals surface area contributed by atoms with E-state index in [9.17, 15) is 5.21 Å². The molecule has 0 radical (unpaired) electrons. The lowest BCUT2D eigenvalue weighted by molar-refractivity contribution is -0.435. The van der Waals surface area contributed by atoms with Crippen molar-refractivity contribution in [1.29, 1.82) is 0 Å². The van der Waals surface area contributed by atoms with Crippen molar-refractivity contribution >= 4 is 17.5 Å². The van der Waals surface area contributed by atoms with E-state index < -0.39 is 0 Å². The fourth-order valence-corrected chi connectivity index (χ4v) is 1.68. The standard InChI is InChI=1S/C16H16N2O/c1-3-4-14-7-9-15(10-8-14)17-18(19)16-11-5-13(2)6-12-16/h3-12H,1-2H3/b4-3+,18-17?. The number of hydrogen-bond donors (Lipinski definition) is 0. The van der Waals surface area contributed by atoms with E-state index in [1.54, 1.807) is 12.1 Å². The lowest BCUT2D eigenvalue weighted by atomic mass is 10.2. The molecule has 0 fully saturated rings. The predicted molar refractivity (Wildman–Crippen MR) is 77.7 cm³/mol. The lowest BCUT2D eigenvalue weighted by Crippen LogP contribution is -1.90. The van der Waals surface area contributed by atoms with Crippen LogP contribution in [0.3, 0.4) is 0 Å². The molecule has 0 N–H and O–H groups in total. The van der Waals surface area contributed by atoms with Crippen LogP contribution in [0.25, 0.3) is 6.08 Å². The zero-order chi connectivity index (χ0) is 13.7. The van der Waals surface area contributed by atoms with Crippen molar-refractivity contribution in [2.45, 2.75) is 13.8 Å². The molecule has 0 heterocycles. The molecule has 0 aromatic heterocycles. The monoisotopic (exact) mass is 252 g/mol. The van der Waals surface area contributed by atoms with Gasteiger partial charge in [-0.2, -0.15) is 0 Å². The van der Waals surface area contributed by atoms with Gasteiger partial charge in [0.15, 0.2) is 0 Å². The number of aryl methyl sites for hydroxylation is 1. The SMILES string of the molecule is C/C=C/c1ccc(N=[N+]([O-])c2ccc(C)cc2)cc1. The molecule has 2 aromatic carbocycles. The summed E-state index contributed by atoms with van der Waals surface area (Å²) in [6, 6.07) is 14.8. The average Bonchev–Trinajstić information content (AvgIpc) is 2.42. The van der Waals surface area contributed by atoms with Gasteiger partial charge in [-0.1, -0.05) is 46.8 Å². The molecule has 2 aromatic rings. The predicted octanol–water partition coefficient (Wildman–Crippen LogP) is 4.95. The molecule has 0 saturated heterocycles. The van der Waals surface area contributed by atoms with Crippen molar-refractivity contribution in [2.75, 3.05) is 0 Å². The molecule has 0 aliphatic carbocycles. The van der Waals surface area contributed by atoms with Gasteiger partial charge in [-0.3, -0.25) is 0 Å². The van der Waals surface area contributed by atoms with E-state index in [-0.39, 0.29) is 0 Å². The van der Waals surface area contributed by atoms with Gasteiger partial charge in [0.1, 0.15) is 5.69 Å². The van der Waals surface area contributed by atoms with E-state index in [0.717, 1.165) is 11.1 Å². The van der Waals surface area contributed by atoms with Crippen LogP contribution in [0.15, 0.2) is 59.7 Å². The fourth-order valence-electron chi connectivity index (χ4n) is 1.68. The maximum atomic E-state index is 11.9. The summed E-state index contributed by atoms with van der Waals surface area (Å²) in [4.78, 5) is 0.643. The molecule has 96 valence electrons. The molecule has 0 unspecified atom stereocenters. The van der Waals surface area contributed by atoms with Gasteiger partial charge in [-0.05, 0) is 31.5 Å². The van der Waals surface area contributed by atoms with Crippen molar-refractivity contribution < 1.29 is 4.86 Å². The molecule has 0 spiro atoms. The van der Waals surface area contributed by atoms with Gasteiger partial charge in [-0.15, -0.1) is 0 Å². The Kier molecular flexibility index (Phi) is 4.08. The molecule has 19 heavy (non-hydrogen) atoms. The molecule has 0 amide bonds. The largest absolute Gasteiger partial charge is 0.594 e. The number of allylic oxidation sites excluding steroid dienone is 1. The Morgan fingerprint density at radius 3 is 2.21 bits per heavy atom. The first-order valence-electron chi connectivity index (χ1n) is 6.17. The minimum absolute atomic E-state index is 0.531. The molecule has 0 bridgehead atoms. The third kappa shape index (κ3) is 3.52. The summed E-state index contributed by atoms with van der Waals surface area (Å²) in [5, 5.41) is 15.9. The second kappa shape index (κ2) is 5.96. The van der Waals surface area contributed by atoms with Crippen LogP contribution in [-0.4, -0.2) is 4.86 Å². The number of azo groups is 1. The number of rotatable bonds is 3. The van der Waals surface area contributed by atoms with Crippen LogP contribution in [-0.2, 0) is 0 Å². The Balaban J connectivity index is 2.22. The summed E-state index contributed by atoms with van der Waals surface area (Å²) in [5.74, 6) is 0. The first-order valence-corrected chi connectivity index (χ1v) is 6.17. The highest BCUT2D eigenvalue weighted by molar-refractivity contribution is 5.52. The second-order valence-corrected chi connectivity index (χ2v) is 4.30. The van der Waals surface area contributed by atoms with Crippen LogP contribution in [0.1, 0.15) is 18.1 Å². The van der Waals surface area contributed by atoms with Crippen LogP contribution in [0.2, 0.25) is 0 Å². The minimum Gasteiger partial charge on any atom is -0.594 e. The number of benzene rings is 2. The summed E-state index contributed by atoms with van der Waals surface area (Å²) >= 11 is 0.